The molecule has 2 saturated heterocycles. The standard InChI is InChI=1S/C19H21ClN2O4S/c1-2-26-15-7-6-14(20)10-13(15)11-16-18(24)22(19(25)27-16)12-17(23)21-8-4-3-5-9-21/h6-7,10-11H,2-5,8-9,12H2,1H3/b16-11-. The van der Waals surface area contributed by atoms with Gasteiger partial charge in [0.05, 0.1) is 11.5 Å². The second kappa shape index (κ2) is 8.80. The van der Waals surface area contributed by atoms with Gasteiger partial charge >= 0.3 is 0 Å². The number of rotatable bonds is 5. The van der Waals surface area contributed by atoms with Crippen LogP contribution >= 0.6 is 23.4 Å². The van der Waals surface area contributed by atoms with Crippen molar-refractivity contribution in [1.29, 1.82) is 0 Å². The Labute approximate surface area is 167 Å². The summed E-state index contributed by atoms with van der Waals surface area (Å²) in [6.07, 6.45) is 4.62. The number of hydrogen-bond acceptors (Lipinski definition) is 5. The molecular weight excluding hydrogens is 388 g/mol. The zero-order chi connectivity index (χ0) is 19.4. The molecule has 144 valence electrons. The highest BCUT2D eigenvalue weighted by Crippen LogP contribution is 2.34. The van der Waals surface area contributed by atoms with E-state index in [0.717, 1.165) is 35.9 Å². The number of likely N-dealkylation sites (tertiary alicyclic amines) is 1. The number of halogens is 1. The number of benzene rings is 1. The first kappa shape index (κ1) is 19.8. The molecule has 0 spiro atoms. The van der Waals surface area contributed by atoms with Gasteiger partial charge in [0.15, 0.2) is 0 Å². The van der Waals surface area contributed by atoms with Gasteiger partial charge in [0.2, 0.25) is 5.91 Å². The summed E-state index contributed by atoms with van der Waals surface area (Å²) in [7, 11) is 0. The largest absolute Gasteiger partial charge is 0.493 e. The lowest BCUT2D eigenvalue weighted by molar-refractivity contribution is -0.136. The molecule has 2 heterocycles. The first-order valence-corrected chi connectivity index (χ1v) is 10.1. The maximum Gasteiger partial charge on any atom is 0.294 e. The Bertz CT molecular complexity index is 790. The van der Waals surface area contributed by atoms with E-state index in [-0.39, 0.29) is 17.4 Å². The first-order chi connectivity index (χ1) is 13.0. The van der Waals surface area contributed by atoms with Gasteiger partial charge in [-0.15, -0.1) is 0 Å². The fourth-order valence-corrected chi connectivity index (χ4v) is 4.08. The zero-order valence-corrected chi connectivity index (χ0v) is 16.6. The number of imide groups is 1. The molecule has 8 heteroatoms. The van der Waals surface area contributed by atoms with Crippen molar-refractivity contribution in [3.8, 4) is 5.75 Å². The Morgan fingerprint density at radius 2 is 2.00 bits per heavy atom. The summed E-state index contributed by atoms with van der Waals surface area (Å²) in [5.74, 6) is -0.0631. The molecule has 3 rings (SSSR count). The highest BCUT2D eigenvalue weighted by Gasteiger charge is 2.37. The van der Waals surface area contributed by atoms with Gasteiger partial charge in [-0.3, -0.25) is 19.3 Å². The van der Waals surface area contributed by atoms with Crippen molar-refractivity contribution in [3.05, 3.63) is 33.7 Å². The Kier molecular flexibility index (Phi) is 6.44. The third-order valence-corrected chi connectivity index (χ3v) is 5.58. The number of ether oxygens (including phenoxy) is 1. The lowest BCUT2D eigenvalue weighted by Crippen LogP contribution is -2.44. The van der Waals surface area contributed by atoms with Crippen LogP contribution in [0, 0.1) is 0 Å². The van der Waals surface area contributed by atoms with Gasteiger partial charge in [0.1, 0.15) is 12.3 Å². The summed E-state index contributed by atoms with van der Waals surface area (Å²) < 4.78 is 5.55. The molecule has 0 bridgehead atoms. The molecule has 6 nitrogen and oxygen atoms in total. The molecule has 1 aromatic carbocycles. The number of thioether (sulfide) groups is 1. The van der Waals surface area contributed by atoms with Crippen LogP contribution in [0.4, 0.5) is 4.79 Å². The van der Waals surface area contributed by atoms with E-state index >= 15 is 0 Å². The molecule has 2 aliphatic rings. The molecule has 0 unspecified atom stereocenters. The molecular formula is C19H21ClN2O4S. The van der Waals surface area contributed by atoms with E-state index in [0.29, 0.717) is 36.0 Å². The topological polar surface area (TPSA) is 66.9 Å². The van der Waals surface area contributed by atoms with E-state index in [1.54, 1.807) is 29.2 Å². The van der Waals surface area contributed by atoms with E-state index in [1.165, 1.54) is 0 Å². The van der Waals surface area contributed by atoms with Gasteiger partial charge in [0.25, 0.3) is 11.1 Å². The Balaban J connectivity index is 1.76. The number of nitrogens with zero attached hydrogens (tertiary/aromatic N) is 2. The second-order valence-electron chi connectivity index (χ2n) is 6.32. The molecule has 0 radical (unpaired) electrons. The van der Waals surface area contributed by atoms with Gasteiger partial charge in [-0.05, 0) is 62.2 Å². The quantitative estimate of drug-likeness (QED) is 0.693. The van der Waals surface area contributed by atoms with E-state index in [9.17, 15) is 14.4 Å². The molecule has 0 aliphatic carbocycles. The van der Waals surface area contributed by atoms with E-state index in [1.807, 2.05) is 6.92 Å². The number of amides is 3. The Morgan fingerprint density at radius 3 is 2.70 bits per heavy atom. The molecule has 0 saturated carbocycles. The molecule has 3 amide bonds. The van der Waals surface area contributed by atoms with Crippen LogP contribution in [0.25, 0.3) is 6.08 Å². The van der Waals surface area contributed by atoms with Crippen LogP contribution in [0.15, 0.2) is 23.1 Å². The summed E-state index contributed by atoms with van der Waals surface area (Å²) in [5, 5.41) is 0.0702. The molecule has 0 atom stereocenters. The summed E-state index contributed by atoms with van der Waals surface area (Å²) >= 11 is 6.87. The molecule has 0 aromatic heterocycles. The van der Waals surface area contributed by atoms with Crippen LogP contribution in [-0.2, 0) is 9.59 Å². The number of hydrogen-bond donors (Lipinski definition) is 0. The van der Waals surface area contributed by atoms with Crippen LogP contribution in [0.1, 0.15) is 31.7 Å². The van der Waals surface area contributed by atoms with Crippen LogP contribution in [0.5, 0.6) is 5.75 Å². The zero-order valence-electron chi connectivity index (χ0n) is 15.1. The third kappa shape index (κ3) is 4.65. The summed E-state index contributed by atoms with van der Waals surface area (Å²) in [6.45, 7) is 3.48. The van der Waals surface area contributed by atoms with Crippen molar-refractivity contribution in [2.24, 2.45) is 0 Å². The summed E-state index contributed by atoms with van der Waals surface area (Å²) in [6, 6.07) is 5.11. The number of carbonyl (C=O) groups is 3. The highest BCUT2D eigenvalue weighted by molar-refractivity contribution is 8.18. The maximum atomic E-state index is 12.7. The normalized spacial score (nSPS) is 19.1. The fourth-order valence-electron chi connectivity index (χ4n) is 3.08. The average molecular weight is 409 g/mol. The monoisotopic (exact) mass is 408 g/mol. The fraction of sp³-hybridized carbons (Fsp3) is 0.421. The van der Waals surface area contributed by atoms with Crippen molar-refractivity contribution in [2.75, 3.05) is 26.2 Å². The van der Waals surface area contributed by atoms with Crippen LogP contribution in [0.2, 0.25) is 5.02 Å². The minimum absolute atomic E-state index is 0.184. The maximum absolute atomic E-state index is 12.7. The van der Waals surface area contributed by atoms with Gasteiger partial charge in [0, 0.05) is 23.7 Å². The first-order valence-electron chi connectivity index (χ1n) is 8.95. The van der Waals surface area contributed by atoms with Gasteiger partial charge in [-0.25, -0.2) is 0 Å². The van der Waals surface area contributed by atoms with Crippen molar-refractivity contribution >= 4 is 46.5 Å². The predicted octanol–water partition coefficient (Wildman–Crippen LogP) is 3.79. The number of piperidine rings is 1. The van der Waals surface area contributed by atoms with Crippen LogP contribution in [-0.4, -0.2) is 53.1 Å². The van der Waals surface area contributed by atoms with E-state index < -0.39 is 11.1 Å². The van der Waals surface area contributed by atoms with Crippen molar-refractivity contribution < 1.29 is 19.1 Å². The highest BCUT2D eigenvalue weighted by atomic mass is 35.5. The minimum atomic E-state index is -0.460. The Morgan fingerprint density at radius 1 is 1.26 bits per heavy atom. The molecule has 27 heavy (non-hydrogen) atoms. The third-order valence-electron chi connectivity index (χ3n) is 4.43. The van der Waals surface area contributed by atoms with Crippen molar-refractivity contribution in [3.63, 3.8) is 0 Å². The second-order valence-corrected chi connectivity index (χ2v) is 7.75. The lowest BCUT2D eigenvalue weighted by atomic mass is 10.1. The Hall–Kier alpha value is -1.99. The van der Waals surface area contributed by atoms with E-state index in [4.69, 9.17) is 16.3 Å². The van der Waals surface area contributed by atoms with Crippen molar-refractivity contribution in [1.82, 2.24) is 9.80 Å². The minimum Gasteiger partial charge on any atom is -0.493 e. The molecule has 1 aromatic rings. The van der Waals surface area contributed by atoms with Crippen LogP contribution in [0.3, 0.4) is 0 Å². The molecule has 2 fully saturated rings. The van der Waals surface area contributed by atoms with Crippen molar-refractivity contribution in [2.45, 2.75) is 26.2 Å². The van der Waals surface area contributed by atoms with Gasteiger partial charge < -0.3 is 9.64 Å². The average Bonchev–Trinajstić information content (AvgIpc) is 2.92. The smallest absolute Gasteiger partial charge is 0.294 e. The SMILES string of the molecule is CCOc1ccc(Cl)cc1/C=C1\SC(=O)N(CC(=O)N2CCCCC2)C1=O. The summed E-state index contributed by atoms with van der Waals surface area (Å²) in [4.78, 5) is 40.3. The predicted molar refractivity (Wildman–Crippen MR) is 106 cm³/mol. The summed E-state index contributed by atoms with van der Waals surface area (Å²) in [5.41, 5.74) is 0.622. The lowest BCUT2D eigenvalue weighted by Gasteiger charge is -2.27. The molecule has 0 N–H and O–H groups in total. The van der Waals surface area contributed by atoms with Crippen LogP contribution < -0.4 is 4.74 Å². The van der Waals surface area contributed by atoms with Gasteiger partial charge in [-0.2, -0.15) is 0 Å². The number of carbonyl (C=O) groups excluding carboxylic acids is 3. The van der Waals surface area contributed by atoms with E-state index in [2.05, 4.69) is 0 Å². The van der Waals surface area contributed by atoms with Gasteiger partial charge in [-0.1, -0.05) is 11.6 Å². The molecule has 2 aliphatic heterocycles.